The van der Waals surface area contributed by atoms with Crippen LogP contribution >= 0.6 is 0 Å². The Hall–Kier alpha value is -4.19. The van der Waals surface area contributed by atoms with Gasteiger partial charge in [0.2, 0.25) is 18.6 Å². The number of non-ortho nitro benzene ring substituents is 1. The predicted octanol–water partition coefficient (Wildman–Crippen LogP) is 2.43. The molecule has 39 heavy (non-hydrogen) atoms. The number of benzene rings is 2. The number of fused-ring (bicyclic) bond motifs is 5. The third-order valence-corrected chi connectivity index (χ3v) is 8.01. The summed E-state index contributed by atoms with van der Waals surface area (Å²) in [4.78, 5) is 57.3. The lowest BCUT2D eigenvalue weighted by Crippen LogP contribution is -2.76. The molecule has 1 spiro atoms. The quantitative estimate of drug-likeness (QED) is 0.357. The van der Waals surface area contributed by atoms with Gasteiger partial charge in [-0.3, -0.25) is 34.8 Å². The molecule has 2 aromatic carbocycles. The van der Waals surface area contributed by atoms with Crippen molar-refractivity contribution in [2.45, 2.75) is 45.3 Å². The minimum atomic E-state index is -1.64. The summed E-state index contributed by atoms with van der Waals surface area (Å²) in [5, 5.41) is 14.0. The maximum Gasteiger partial charge on any atom is 0.331 e. The average Bonchev–Trinajstić information content (AvgIpc) is 3.34. The van der Waals surface area contributed by atoms with Gasteiger partial charge in [-0.1, -0.05) is 6.07 Å². The van der Waals surface area contributed by atoms with Gasteiger partial charge in [-0.2, -0.15) is 0 Å². The summed E-state index contributed by atoms with van der Waals surface area (Å²) < 4.78 is 10.9. The second-order valence-electron chi connectivity index (χ2n) is 11.4. The highest BCUT2D eigenvalue weighted by atomic mass is 16.7. The third kappa shape index (κ3) is 3.89. The molecule has 2 atom stereocenters. The summed E-state index contributed by atoms with van der Waals surface area (Å²) in [5.74, 6) is 0.116. The number of carbonyl (C=O) groups is 3. The van der Waals surface area contributed by atoms with Gasteiger partial charge in [-0.15, -0.1) is 0 Å². The van der Waals surface area contributed by atoms with E-state index >= 15 is 0 Å². The lowest BCUT2D eigenvalue weighted by Gasteiger charge is -2.56. The zero-order valence-electron chi connectivity index (χ0n) is 21.9. The van der Waals surface area contributed by atoms with E-state index < -0.39 is 39.8 Å². The summed E-state index contributed by atoms with van der Waals surface area (Å²) in [5.41, 5.74) is -0.341. The van der Waals surface area contributed by atoms with Crippen LogP contribution in [0, 0.1) is 15.5 Å². The molecule has 0 aromatic heterocycles. The van der Waals surface area contributed by atoms with Crippen LogP contribution in [-0.2, 0) is 22.6 Å². The molecule has 0 saturated carbocycles. The molecule has 2 aromatic rings. The molecule has 4 aliphatic rings. The highest BCUT2D eigenvalue weighted by Crippen LogP contribution is 2.47. The number of amides is 4. The van der Waals surface area contributed by atoms with Gasteiger partial charge < -0.3 is 14.4 Å². The SMILES string of the molecule is CC(C)(C)N1C(=O)NC(=O)C2(Cc3cc([N+](=O)[O-])ccc3N3CCN(Cc4ccc5c(c4)OCO5)CC32)C1=O. The van der Waals surface area contributed by atoms with E-state index in [0.717, 1.165) is 16.2 Å². The minimum absolute atomic E-state index is 0.0480. The summed E-state index contributed by atoms with van der Waals surface area (Å²) >= 11 is 0. The molecular formula is C27H29N5O7. The molecule has 2 fully saturated rings. The molecule has 6 rings (SSSR count). The normalized spacial score (nSPS) is 24.5. The number of piperazine rings is 1. The second-order valence-corrected chi connectivity index (χ2v) is 11.4. The number of nitrogens with one attached hydrogen (secondary N) is 1. The van der Waals surface area contributed by atoms with Gasteiger partial charge in [0.15, 0.2) is 16.9 Å². The van der Waals surface area contributed by atoms with E-state index in [1.165, 1.54) is 12.1 Å². The molecule has 12 nitrogen and oxygen atoms in total. The number of urea groups is 1. The number of nitro benzene ring substituents is 1. The molecule has 4 heterocycles. The van der Waals surface area contributed by atoms with Crippen molar-refractivity contribution in [1.82, 2.24) is 15.1 Å². The summed E-state index contributed by atoms with van der Waals surface area (Å²) in [7, 11) is 0. The van der Waals surface area contributed by atoms with Crippen LogP contribution in [0.15, 0.2) is 36.4 Å². The Labute approximate surface area is 224 Å². The molecule has 204 valence electrons. The van der Waals surface area contributed by atoms with E-state index in [9.17, 15) is 24.5 Å². The number of imide groups is 2. The zero-order chi connectivity index (χ0) is 27.7. The van der Waals surface area contributed by atoms with E-state index in [0.29, 0.717) is 43.2 Å². The Morgan fingerprint density at radius 2 is 1.85 bits per heavy atom. The molecule has 12 heteroatoms. The monoisotopic (exact) mass is 535 g/mol. The largest absolute Gasteiger partial charge is 0.454 e. The van der Waals surface area contributed by atoms with Gasteiger partial charge in [0.25, 0.3) is 5.69 Å². The Morgan fingerprint density at radius 3 is 2.59 bits per heavy atom. The van der Waals surface area contributed by atoms with Crippen LogP contribution in [0.1, 0.15) is 31.9 Å². The third-order valence-electron chi connectivity index (χ3n) is 8.01. The number of nitrogens with zero attached hydrogens (tertiary/aromatic N) is 4. The first kappa shape index (κ1) is 25.1. The molecule has 1 N–H and O–H groups in total. The van der Waals surface area contributed by atoms with E-state index in [2.05, 4.69) is 10.2 Å². The van der Waals surface area contributed by atoms with Crippen molar-refractivity contribution in [3.05, 3.63) is 57.6 Å². The lowest BCUT2D eigenvalue weighted by atomic mass is 9.67. The molecule has 4 aliphatic heterocycles. The average molecular weight is 536 g/mol. The van der Waals surface area contributed by atoms with Crippen LogP contribution in [0.5, 0.6) is 11.5 Å². The fraction of sp³-hybridized carbons (Fsp3) is 0.444. The fourth-order valence-electron chi connectivity index (χ4n) is 6.23. The second kappa shape index (κ2) is 8.67. The van der Waals surface area contributed by atoms with Crippen molar-refractivity contribution in [2.75, 3.05) is 31.3 Å². The smallest absolute Gasteiger partial charge is 0.331 e. The van der Waals surface area contributed by atoms with Gasteiger partial charge in [-0.25, -0.2) is 4.79 Å². The fourth-order valence-corrected chi connectivity index (χ4v) is 6.23. The maximum absolute atomic E-state index is 14.3. The molecule has 2 unspecified atom stereocenters. The number of barbiturate groups is 1. The molecule has 0 aliphatic carbocycles. The maximum atomic E-state index is 14.3. The standard InChI is InChI=1S/C27H29N5O7/c1-26(2,3)31-24(34)27(23(33)28-25(31)35)12-17-11-18(32(36)37)5-6-19(17)30-9-8-29(14-22(27)30)13-16-4-7-20-21(10-16)39-15-38-20/h4-7,10-11,22H,8-9,12-15H2,1-3H3,(H,28,33,35). The van der Waals surface area contributed by atoms with Gasteiger partial charge in [0, 0.05) is 56.0 Å². The predicted molar refractivity (Wildman–Crippen MR) is 138 cm³/mol. The number of nitro groups is 1. The number of rotatable bonds is 3. The highest BCUT2D eigenvalue weighted by molar-refractivity contribution is 6.20. The van der Waals surface area contributed by atoms with E-state index in [-0.39, 0.29) is 18.9 Å². The Morgan fingerprint density at radius 1 is 1.08 bits per heavy atom. The minimum Gasteiger partial charge on any atom is -0.454 e. The molecular weight excluding hydrogens is 506 g/mol. The van der Waals surface area contributed by atoms with Gasteiger partial charge >= 0.3 is 6.03 Å². The molecule has 0 bridgehead atoms. The summed E-state index contributed by atoms with van der Waals surface area (Å²) in [6, 6.07) is 8.97. The number of anilines is 1. The van der Waals surface area contributed by atoms with Gasteiger partial charge in [-0.05, 0) is 50.1 Å². The topological polar surface area (TPSA) is 135 Å². The van der Waals surface area contributed by atoms with Crippen LogP contribution < -0.4 is 19.7 Å². The summed E-state index contributed by atoms with van der Waals surface area (Å²) in [6.07, 6.45) is -0.0480. The first-order valence-corrected chi connectivity index (χ1v) is 12.8. The van der Waals surface area contributed by atoms with E-state index in [1.807, 2.05) is 23.1 Å². The Kier molecular flexibility index (Phi) is 5.58. The van der Waals surface area contributed by atoms with Crippen LogP contribution in [0.25, 0.3) is 0 Å². The van der Waals surface area contributed by atoms with Crippen molar-refractivity contribution in [1.29, 1.82) is 0 Å². The highest BCUT2D eigenvalue weighted by Gasteiger charge is 2.64. The Bertz CT molecular complexity index is 1420. The first-order chi connectivity index (χ1) is 18.5. The van der Waals surface area contributed by atoms with Crippen molar-refractivity contribution >= 4 is 29.2 Å². The van der Waals surface area contributed by atoms with Crippen LogP contribution in [0.3, 0.4) is 0 Å². The van der Waals surface area contributed by atoms with E-state index in [4.69, 9.17) is 9.47 Å². The van der Waals surface area contributed by atoms with E-state index in [1.54, 1.807) is 26.8 Å². The van der Waals surface area contributed by atoms with Gasteiger partial charge in [0.1, 0.15) is 0 Å². The van der Waals surface area contributed by atoms with Gasteiger partial charge in [0.05, 0.1) is 11.0 Å². The lowest BCUT2D eigenvalue weighted by molar-refractivity contribution is -0.384. The van der Waals surface area contributed by atoms with Crippen molar-refractivity contribution in [3.8, 4) is 11.5 Å². The number of hydrogen-bond donors (Lipinski definition) is 1. The van der Waals surface area contributed by atoms with Crippen LogP contribution in [0.4, 0.5) is 16.2 Å². The van der Waals surface area contributed by atoms with Crippen molar-refractivity contribution < 1.29 is 28.8 Å². The summed E-state index contributed by atoms with van der Waals surface area (Å²) in [6.45, 7) is 7.44. The first-order valence-electron chi connectivity index (χ1n) is 12.8. The number of hydrogen-bond acceptors (Lipinski definition) is 9. The van der Waals surface area contributed by atoms with Crippen LogP contribution in [-0.4, -0.2) is 70.6 Å². The molecule has 2 saturated heterocycles. The molecule has 0 radical (unpaired) electrons. The molecule has 4 amide bonds. The number of carbonyl (C=O) groups excluding carboxylic acids is 3. The zero-order valence-corrected chi connectivity index (χ0v) is 21.9. The van der Waals surface area contributed by atoms with Crippen molar-refractivity contribution in [3.63, 3.8) is 0 Å². The Balaban J connectivity index is 1.41. The van der Waals surface area contributed by atoms with Crippen LogP contribution in [0.2, 0.25) is 0 Å². The van der Waals surface area contributed by atoms with Crippen molar-refractivity contribution in [2.24, 2.45) is 5.41 Å². The number of ether oxygens (including phenoxy) is 2.